The number of aromatic hydroxyl groups is 2. The van der Waals surface area contributed by atoms with E-state index in [0.29, 0.717) is 11.4 Å². The van der Waals surface area contributed by atoms with E-state index in [4.69, 9.17) is 5.73 Å². The van der Waals surface area contributed by atoms with Crippen molar-refractivity contribution in [1.82, 2.24) is 0 Å². The number of azo groups is 3. The molecule has 56 heavy (non-hydrogen) atoms. The molecule has 0 atom stereocenters. The van der Waals surface area contributed by atoms with Crippen molar-refractivity contribution in [2.45, 2.75) is 19.6 Å². The Morgan fingerprint density at radius 1 is 0.589 bits per heavy atom. The Morgan fingerprint density at radius 3 is 1.39 bits per heavy atom. The number of non-ortho nitro benzene ring substituents is 1. The van der Waals surface area contributed by atoms with E-state index in [1.807, 2.05) is 12.1 Å². The number of hydrogen-bond donors (Lipinski definition) is 5. The zero-order valence-corrected chi connectivity index (χ0v) is 33.0. The van der Waals surface area contributed by atoms with Crippen molar-refractivity contribution in [3.63, 3.8) is 0 Å². The van der Waals surface area contributed by atoms with Gasteiger partial charge in [-0.2, -0.15) is 37.3 Å². The van der Waals surface area contributed by atoms with Crippen LogP contribution in [0.1, 0.15) is 0 Å². The van der Waals surface area contributed by atoms with E-state index in [1.54, 1.807) is 48.5 Å². The number of phenolic OH excluding ortho intramolecular Hbond substituents is 2. The van der Waals surface area contributed by atoms with Gasteiger partial charge in [-0.25, -0.2) is 0 Å². The average Bonchev–Trinajstić information content (AvgIpc) is 3.14. The standard InChI is InChI=1S/C34H24N8O10S3.Na/c35-31-30-19(17-28(54(47,48)49)32(31)40-38-20-1-9-24(10-2-20)42(45)46)18-29(55(50,51)52)33(34(30)44)41-39-23-7-15-27(16-8-23)53-26-13-5-22(6-14-26)37-36-21-3-11-25(43)12-4-21;/h1-18,43-44H,35H2,(H,47,48,49)(H,50,51,52);/q;+1. The zero-order valence-electron chi connectivity index (χ0n) is 28.6. The Labute approximate surface area is 343 Å². The molecule has 0 unspecified atom stereocenters. The fraction of sp³-hybridized carbons (Fsp3) is 0. The van der Waals surface area contributed by atoms with Crippen molar-refractivity contribution in [3.05, 3.63) is 119 Å². The molecule has 6 rings (SSSR count). The van der Waals surface area contributed by atoms with E-state index >= 15 is 0 Å². The van der Waals surface area contributed by atoms with Gasteiger partial charge in [0.15, 0.2) is 5.75 Å². The van der Waals surface area contributed by atoms with Gasteiger partial charge in [-0.1, -0.05) is 11.8 Å². The Kier molecular flexibility index (Phi) is 12.6. The maximum Gasteiger partial charge on any atom is 1.00 e. The van der Waals surface area contributed by atoms with Crippen LogP contribution >= 0.6 is 11.8 Å². The summed E-state index contributed by atoms with van der Waals surface area (Å²) in [7, 11) is -10.2. The van der Waals surface area contributed by atoms with Crippen molar-refractivity contribution < 1.29 is 70.6 Å². The minimum absolute atomic E-state index is 0. The molecule has 0 aliphatic heterocycles. The van der Waals surface area contributed by atoms with Crippen LogP contribution in [0.4, 0.5) is 45.5 Å². The summed E-state index contributed by atoms with van der Waals surface area (Å²) < 4.78 is 69.5. The van der Waals surface area contributed by atoms with Crippen LogP contribution in [0.3, 0.4) is 0 Å². The first-order valence-corrected chi connectivity index (χ1v) is 19.0. The van der Waals surface area contributed by atoms with Gasteiger partial charge in [0.2, 0.25) is 0 Å². The minimum atomic E-state index is -5.12. The van der Waals surface area contributed by atoms with Crippen molar-refractivity contribution >= 4 is 88.3 Å². The molecule has 0 heterocycles. The van der Waals surface area contributed by atoms with Crippen molar-refractivity contribution in [2.75, 3.05) is 5.73 Å². The largest absolute Gasteiger partial charge is 1.00 e. The maximum absolute atomic E-state index is 12.4. The Hall–Kier alpha value is -5.65. The molecule has 0 aromatic heterocycles. The van der Waals surface area contributed by atoms with Crippen LogP contribution in [0.25, 0.3) is 10.8 Å². The summed E-state index contributed by atoms with van der Waals surface area (Å²) in [5.41, 5.74) is 5.41. The van der Waals surface area contributed by atoms with Gasteiger partial charge in [-0.3, -0.25) is 19.2 Å². The first-order valence-electron chi connectivity index (χ1n) is 15.3. The maximum atomic E-state index is 12.4. The minimum Gasteiger partial charge on any atom is -0.508 e. The number of nitro groups is 1. The number of nitrogen functional groups attached to an aromatic ring is 1. The molecule has 0 aliphatic carbocycles. The van der Waals surface area contributed by atoms with Crippen LogP contribution in [0.15, 0.2) is 159 Å². The van der Waals surface area contributed by atoms with E-state index in [1.165, 1.54) is 36.0 Å². The zero-order chi connectivity index (χ0) is 39.5. The van der Waals surface area contributed by atoms with Crippen LogP contribution in [-0.2, 0) is 20.2 Å². The predicted octanol–water partition coefficient (Wildman–Crippen LogP) is 6.64. The average molecular weight is 824 g/mol. The Morgan fingerprint density at radius 2 is 0.964 bits per heavy atom. The topological polar surface area (TPSA) is 293 Å². The molecule has 0 bridgehead atoms. The molecule has 0 radical (unpaired) electrons. The van der Waals surface area contributed by atoms with Gasteiger partial charge < -0.3 is 15.9 Å². The third kappa shape index (κ3) is 9.77. The van der Waals surface area contributed by atoms with E-state index in [9.17, 15) is 46.3 Å². The first kappa shape index (κ1) is 41.5. The fourth-order valence-electron chi connectivity index (χ4n) is 4.89. The first-order chi connectivity index (χ1) is 26.1. The number of nitrogens with two attached hydrogens (primary N) is 1. The summed E-state index contributed by atoms with van der Waals surface area (Å²) >= 11 is 1.41. The van der Waals surface area contributed by atoms with E-state index in [0.717, 1.165) is 34.1 Å². The van der Waals surface area contributed by atoms with Gasteiger partial charge in [-0.05, 0) is 102 Å². The second-order valence-electron chi connectivity index (χ2n) is 11.2. The van der Waals surface area contributed by atoms with Crippen LogP contribution in [-0.4, -0.2) is 41.1 Å². The summed E-state index contributed by atoms with van der Waals surface area (Å²) in [5, 5.41) is 54.8. The molecule has 22 heteroatoms. The van der Waals surface area contributed by atoms with Gasteiger partial charge >= 0.3 is 29.6 Å². The van der Waals surface area contributed by atoms with E-state index < -0.39 is 57.8 Å². The van der Waals surface area contributed by atoms with Gasteiger partial charge in [-0.15, -0.1) is 10.2 Å². The smallest absolute Gasteiger partial charge is 0.508 e. The number of hydrogen-bond acceptors (Lipinski definition) is 16. The van der Waals surface area contributed by atoms with Crippen molar-refractivity contribution in [2.24, 2.45) is 30.7 Å². The van der Waals surface area contributed by atoms with E-state index in [2.05, 4.69) is 30.7 Å². The third-order valence-electron chi connectivity index (χ3n) is 7.50. The number of phenols is 2. The number of nitro benzene ring substituents is 1. The second-order valence-corrected chi connectivity index (χ2v) is 15.2. The molecular weight excluding hydrogens is 800 g/mol. The van der Waals surface area contributed by atoms with Crippen LogP contribution in [0, 0.1) is 10.1 Å². The molecular formula is C34H24N8NaO10S3+. The normalized spacial score (nSPS) is 12.1. The second kappa shape index (κ2) is 17.0. The van der Waals surface area contributed by atoms with Crippen molar-refractivity contribution in [1.29, 1.82) is 0 Å². The molecule has 0 aliphatic rings. The van der Waals surface area contributed by atoms with Crippen LogP contribution < -0.4 is 35.3 Å². The number of nitrogens with zero attached hydrogens (tertiary/aromatic N) is 7. The third-order valence-corrected chi connectivity index (χ3v) is 10.3. The summed E-state index contributed by atoms with van der Waals surface area (Å²) in [5.74, 6) is -0.808. The summed E-state index contributed by atoms with van der Waals surface area (Å²) in [6, 6.07) is 26.2. The van der Waals surface area contributed by atoms with Gasteiger partial charge in [0.05, 0.1) is 38.7 Å². The number of benzene rings is 6. The van der Waals surface area contributed by atoms with Gasteiger partial charge in [0.25, 0.3) is 25.9 Å². The monoisotopic (exact) mass is 823 g/mol. The van der Waals surface area contributed by atoms with Gasteiger partial charge in [0.1, 0.15) is 26.9 Å². The van der Waals surface area contributed by atoms with Crippen LogP contribution in [0.5, 0.6) is 11.5 Å². The molecule has 0 saturated carbocycles. The quantitative estimate of drug-likeness (QED) is 0.0230. The molecule has 0 amide bonds. The predicted molar refractivity (Wildman–Crippen MR) is 200 cm³/mol. The molecule has 6 aromatic carbocycles. The summed E-state index contributed by atoms with van der Waals surface area (Å²) in [6.45, 7) is 0. The fourth-order valence-corrected chi connectivity index (χ4v) is 7.04. The Bertz CT molecular complexity index is 2770. The SMILES string of the molecule is Nc1c(N=Nc2ccc([N+](=O)[O-])cc2)c(S(=O)(=O)O)cc2cc(S(=O)(=O)O)c(N=Nc3ccc(Sc4ccc(N=Nc5ccc(O)cc5)cc4)cc3)c(O)c12.[Na+]. The number of rotatable bonds is 11. The summed E-state index contributed by atoms with van der Waals surface area (Å²) in [4.78, 5) is 10.1. The van der Waals surface area contributed by atoms with Crippen molar-refractivity contribution in [3.8, 4) is 11.5 Å². The molecule has 6 aromatic rings. The molecule has 0 spiro atoms. The van der Waals surface area contributed by atoms with Crippen LogP contribution in [0.2, 0.25) is 0 Å². The molecule has 0 saturated heterocycles. The molecule has 18 nitrogen and oxygen atoms in total. The van der Waals surface area contributed by atoms with Gasteiger partial charge in [0, 0.05) is 21.9 Å². The van der Waals surface area contributed by atoms with E-state index in [-0.39, 0.29) is 63.1 Å². The molecule has 0 fully saturated rings. The molecule has 6 N–H and O–H groups in total. The Balaban J connectivity index is 0.00000600. The summed E-state index contributed by atoms with van der Waals surface area (Å²) in [6.07, 6.45) is 0. The number of fused-ring (bicyclic) bond motifs is 1. The molecule has 278 valence electrons. The number of anilines is 1.